The van der Waals surface area contributed by atoms with E-state index in [2.05, 4.69) is 15.4 Å². The van der Waals surface area contributed by atoms with Gasteiger partial charge in [-0.3, -0.25) is 14.3 Å². The summed E-state index contributed by atoms with van der Waals surface area (Å²) in [5, 5.41) is 7.25. The van der Waals surface area contributed by atoms with Gasteiger partial charge in [-0.1, -0.05) is 36.4 Å². The number of methoxy groups -OCH3 is 2. The molecule has 0 fully saturated rings. The van der Waals surface area contributed by atoms with Gasteiger partial charge in [-0.25, -0.2) is 9.37 Å². The highest BCUT2D eigenvalue weighted by Gasteiger charge is 2.39. The predicted octanol–water partition coefficient (Wildman–Crippen LogP) is 5.66. The topological polar surface area (TPSA) is 131 Å². The first-order chi connectivity index (χ1) is 22.4. The number of nitrogens with two attached hydrogens (primary N) is 1. The van der Waals surface area contributed by atoms with Crippen molar-refractivity contribution in [1.82, 2.24) is 20.1 Å². The number of ether oxygens (including phenoxy) is 3. The molecule has 244 valence electrons. The van der Waals surface area contributed by atoms with E-state index in [9.17, 15) is 27.2 Å². The number of aromatic nitrogens is 3. The number of rotatable bonds is 11. The zero-order valence-electron chi connectivity index (χ0n) is 25.4. The maximum atomic E-state index is 13.7. The number of alkyl halides is 3. The van der Waals surface area contributed by atoms with Crippen LogP contribution in [0.1, 0.15) is 38.8 Å². The standard InChI is InChI=1S/C33H29F4N5O5/c1-18(33(35,36)37)47-32-25-17-42(16-20-6-11-23(45-2)12-7-20)41-29(25)27(30(38)43)28(40-32)21-8-4-19(5-9-21)15-39-31(44)24-14-22(34)10-13-26(24)46-3/h4-14,17-18H,15-16H2,1-3H3,(H2,38,43)(H,39,44). The number of hydrogen-bond donors (Lipinski definition) is 2. The van der Waals surface area contributed by atoms with Crippen LogP contribution in [0.5, 0.6) is 17.4 Å². The van der Waals surface area contributed by atoms with Crippen LogP contribution >= 0.6 is 0 Å². The van der Waals surface area contributed by atoms with Crippen molar-refractivity contribution < 1.29 is 41.4 Å². The molecule has 0 spiro atoms. The van der Waals surface area contributed by atoms with Crippen LogP contribution in [0.25, 0.3) is 22.2 Å². The Labute approximate surface area is 266 Å². The number of nitrogens with one attached hydrogen (secondary N) is 1. The number of carbonyl (C=O) groups is 2. The lowest BCUT2D eigenvalue weighted by Gasteiger charge is -2.18. The van der Waals surface area contributed by atoms with Gasteiger partial charge < -0.3 is 25.3 Å². The van der Waals surface area contributed by atoms with Gasteiger partial charge in [0.1, 0.15) is 22.8 Å². The lowest BCUT2D eigenvalue weighted by atomic mass is 10.0. The number of carbonyl (C=O) groups excluding carboxylic acids is 2. The van der Waals surface area contributed by atoms with Crippen LogP contribution in [0.2, 0.25) is 0 Å². The quantitative estimate of drug-likeness (QED) is 0.176. The summed E-state index contributed by atoms with van der Waals surface area (Å²) in [5.74, 6) is -1.62. The number of hydrogen-bond acceptors (Lipinski definition) is 7. The number of fused-ring (bicyclic) bond motifs is 1. The van der Waals surface area contributed by atoms with Crippen molar-refractivity contribution in [2.45, 2.75) is 32.3 Å². The Morgan fingerprint density at radius 3 is 2.28 bits per heavy atom. The summed E-state index contributed by atoms with van der Waals surface area (Å²) in [6, 6.07) is 17.0. The molecule has 0 bridgehead atoms. The fourth-order valence-corrected chi connectivity index (χ4v) is 4.77. The molecule has 2 amide bonds. The van der Waals surface area contributed by atoms with E-state index >= 15 is 0 Å². The molecule has 47 heavy (non-hydrogen) atoms. The van der Waals surface area contributed by atoms with Crippen molar-refractivity contribution in [2.75, 3.05) is 14.2 Å². The molecule has 5 aromatic rings. The molecule has 0 saturated heterocycles. The van der Waals surface area contributed by atoms with Crippen molar-refractivity contribution in [3.05, 3.63) is 101 Å². The normalized spacial score (nSPS) is 12.1. The van der Waals surface area contributed by atoms with Crippen molar-refractivity contribution in [3.63, 3.8) is 0 Å². The molecule has 1 atom stereocenters. The molecule has 10 nitrogen and oxygen atoms in total. The minimum absolute atomic E-state index is 0.0137. The minimum Gasteiger partial charge on any atom is -0.497 e. The van der Waals surface area contributed by atoms with E-state index in [1.54, 1.807) is 48.5 Å². The van der Waals surface area contributed by atoms with E-state index in [4.69, 9.17) is 19.9 Å². The second-order valence-corrected chi connectivity index (χ2v) is 10.5. The average molecular weight is 652 g/mol. The zero-order valence-corrected chi connectivity index (χ0v) is 25.4. The Balaban J connectivity index is 1.50. The van der Waals surface area contributed by atoms with Crippen molar-refractivity contribution in [1.29, 1.82) is 0 Å². The Hall–Kier alpha value is -5.66. The molecule has 0 aliphatic carbocycles. The molecule has 3 N–H and O–H groups in total. The molecule has 0 aliphatic heterocycles. The van der Waals surface area contributed by atoms with E-state index < -0.39 is 29.9 Å². The lowest BCUT2D eigenvalue weighted by Crippen LogP contribution is -2.31. The molecule has 0 radical (unpaired) electrons. The third-order valence-corrected chi connectivity index (χ3v) is 7.27. The molecule has 5 rings (SSSR count). The number of nitrogens with zero attached hydrogens (tertiary/aromatic N) is 3. The van der Waals surface area contributed by atoms with Crippen LogP contribution in [-0.4, -0.2) is 53.1 Å². The second kappa shape index (κ2) is 13.4. The van der Waals surface area contributed by atoms with Gasteiger partial charge in [0.15, 0.2) is 6.10 Å². The monoisotopic (exact) mass is 651 g/mol. The maximum Gasteiger partial charge on any atom is 0.425 e. The lowest BCUT2D eigenvalue weighted by molar-refractivity contribution is -0.189. The SMILES string of the molecule is COc1ccc(Cn2cc3c(OC(C)C(F)(F)F)nc(-c4ccc(CNC(=O)c5cc(F)ccc5OC)cc4)c(C(N)=O)c3n2)cc1. The number of primary amides is 1. The molecular weight excluding hydrogens is 622 g/mol. The van der Waals surface area contributed by atoms with Gasteiger partial charge in [-0.2, -0.15) is 18.3 Å². The first kappa shape index (κ1) is 32.7. The summed E-state index contributed by atoms with van der Waals surface area (Å²) >= 11 is 0. The molecule has 2 heterocycles. The van der Waals surface area contributed by atoms with Crippen LogP contribution in [0.4, 0.5) is 17.6 Å². The molecular formula is C33H29F4N5O5. The third-order valence-electron chi connectivity index (χ3n) is 7.27. The summed E-state index contributed by atoms with van der Waals surface area (Å²) in [6.45, 7) is 1.10. The summed E-state index contributed by atoms with van der Waals surface area (Å²) in [5.41, 5.74) is 7.41. The van der Waals surface area contributed by atoms with Crippen molar-refractivity contribution >= 4 is 22.7 Å². The Morgan fingerprint density at radius 1 is 0.979 bits per heavy atom. The summed E-state index contributed by atoms with van der Waals surface area (Å²) in [4.78, 5) is 29.9. The van der Waals surface area contributed by atoms with Gasteiger partial charge in [0.2, 0.25) is 5.88 Å². The van der Waals surface area contributed by atoms with Gasteiger partial charge >= 0.3 is 6.18 Å². The predicted molar refractivity (Wildman–Crippen MR) is 164 cm³/mol. The van der Waals surface area contributed by atoms with Gasteiger partial charge in [0.25, 0.3) is 11.8 Å². The molecule has 3 aromatic carbocycles. The highest BCUT2D eigenvalue weighted by molar-refractivity contribution is 6.10. The van der Waals surface area contributed by atoms with E-state index in [0.29, 0.717) is 16.9 Å². The molecule has 14 heteroatoms. The van der Waals surface area contributed by atoms with E-state index in [-0.39, 0.29) is 52.4 Å². The Morgan fingerprint density at radius 2 is 1.66 bits per heavy atom. The highest BCUT2D eigenvalue weighted by Crippen LogP contribution is 2.36. The largest absolute Gasteiger partial charge is 0.497 e. The summed E-state index contributed by atoms with van der Waals surface area (Å²) in [6.07, 6.45) is -5.48. The van der Waals surface area contributed by atoms with Crippen LogP contribution < -0.4 is 25.3 Å². The fraction of sp³-hybridized carbons (Fsp3) is 0.212. The third kappa shape index (κ3) is 7.27. The molecule has 2 aromatic heterocycles. The zero-order chi connectivity index (χ0) is 33.9. The highest BCUT2D eigenvalue weighted by atomic mass is 19.4. The summed E-state index contributed by atoms with van der Waals surface area (Å²) < 4.78 is 71.5. The minimum atomic E-state index is -4.70. The van der Waals surface area contributed by atoms with E-state index in [1.165, 1.54) is 37.2 Å². The van der Waals surface area contributed by atoms with E-state index in [1.807, 2.05) is 0 Å². The number of halogens is 4. The number of amides is 2. The van der Waals surface area contributed by atoms with Gasteiger partial charge in [-0.05, 0) is 48.4 Å². The fourth-order valence-electron chi connectivity index (χ4n) is 4.77. The number of benzene rings is 3. The first-order valence-corrected chi connectivity index (χ1v) is 14.2. The first-order valence-electron chi connectivity index (χ1n) is 14.2. The second-order valence-electron chi connectivity index (χ2n) is 10.5. The molecule has 0 aliphatic rings. The van der Waals surface area contributed by atoms with Crippen LogP contribution in [0.15, 0.2) is 72.9 Å². The maximum absolute atomic E-state index is 13.7. The van der Waals surface area contributed by atoms with Crippen molar-refractivity contribution in [2.24, 2.45) is 5.73 Å². The smallest absolute Gasteiger partial charge is 0.425 e. The number of pyridine rings is 1. The average Bonchev–Trinajstić information content (AvgIpc) is 3.46. The van der Waals surface area contributed by atoms with Crippen LogP contribution in [0, 0.1) is 5.82 Å². The van der Waals surface area contributed by atoms with Gasteiger partial charge in [-0.15, -0.1) is 0 Å². The Kier molecular flexibility index (Phi) is 9.31. The van der Waals surface area contributed by atoms with Crippen LogP contribution in [0.3, 0.4) is 0 Å². The summed E-state index contributed by atoms with van der Waals surface area (Å²) in [7, 11) is 2.90. The van der Waals surface area contributed by atoms with Gasteiger partial charge in [0.05, 0.1) is 43.0 Å². The van der Waals surface area contributed by atoms with Crippen molar-refractivity contribution in [3.8, 4) is 28.6 Å². The van der Waals surface area contributed by atoms with Crippen LogP contribution in [-0.2, 0) is 13.1 Å². The Bertz CT molecular complexity index is 1930. The van der Waals surface area contributed by atoms with E-state index in [0.717, 1.165) is 18.6 Å². The molecule has 1 unspecified atom stereocenters. The molecule has 0 saturated carbocycles. The van der Waals surface area contributed by atoms with Gasteiger partial charge in [0, 0.05) is 18.3 Å².